The fourth-order valence-corrected chi connectivity index (χ4v) is 2.40. The summed E-state index contributed by atoms with van der Waals surface area (Å²) in [6.07, 6.45) is 0.914. The molecule has 0 fully saturated rings. The first-order chi connectivity index (χ1) is 12.1. The summed E-state index contributed by atoms with van der Waals surface area (Å²) in [6, 6.07) is 0. The predicted molar refractivity (Wildman–Crippen MR) is 115 cm³/mol. The van der Waals surface area contributed by atoms with E-state index in [1.54, 1.807) is 21.3 Å². The lowest BCUT2D eigenvalue weighted by Gasteiger charge is -2.12. The Bertz CT molecular complexity index is 523. The smallest absolute Gasteiger partial charge is 0.191 e. The zero-order valence-electron chi connectivity index (χ0n) is 16.6. The highest BCUT2D eigenvalue weighted by atomic mass is 127. The number of methoxy groups -OCH3 is 2. The number of aliphatic imine (C=N–C) groups is 1. The number of rotatable bonds is 12. The maximum absolute atomic E-state index is 5.44. The highest BCUT2D eigenvalue weighted by molar-refractivity contribution is 14.0. The Morgan fingerprint density at radius 2 is 1.81 bits per heavy atom. The first kappa shape index (κ1) is 25.1. The van der Waals surface area contributed by atoms with E-state index < -0.39 is 0 Å². The van der Waals surface area contributed by atoms with Crippen molar-refractivity contribution in [2.75, 3.05) is 54.2 Å². The van der Waals surface area contributed by atoms with Crippen molar-refractivity contribution < 1.29 is 14.2 Å². The normalized spacial score (nSPS) is 11.3. The zero-order valence-corrected chi connectivity index (χ0v) is 19.0. The third-order valence-electron chi connectivity index (χ3n) is 3.88. The van der Waals surface area contributed by atoms with E-state index in [2.05, 4.69) is 27.6 Å². The van der Waals surface area contributed by atoms with Crippen LogP contribution in [0.2, 0.25) is 0 Å². The molecule has 0 amide bonds. The Balaban J connectivity index is 0.00000625. The Kier molecular flexibility index (Phi) is 14.6. The Labute approximate surface area is 174 Å². The average molecular weight is 483 g/mol. The molecule has 0 aromatic carbocycles. The average Bonchev–Trinajstić information content (AvgIpc) is 2.88. The molecule has 0 spiro atoms. The second-order valence-electron chi connectivity index (χ2n) is 5.68. The Hall–Kier alpha value is -0.910. The number of hydrogen-bond donors (Lipinski definition) is 2. The minimum Gasteiger partial charge on any atom is -0.383 e. The zero-order chi connectivity index (χ0) is 18.5. The standard InChI is InChI=1S/C17H33N5O3.HI/c1-14-16(15(2)22(21-14)8-10-23-4)13-20-17(18-3)19-7-6-9-25-12-11-24-5;/h6-13H2,1-5H3,(H2,18,19,20);1H. The molecule has 1 aromatic heterocycles. The minimum atomic E-state index is 0. The molecule has 9 heteroatoms. The summed E-state index contributed by atoms with van der Waals surface area (Å²) in [4.78, 5) is 4.25. The summed E-state index contributed by atoms with van der Waals surface area (Å²) in [5, 5.41) is 11.2. The molecular weight excluding hydrogens is 449 g/mol. The first-order valence-corrected chi connectivity index (χ1v) is 8.67. The molecule has 0 atom stereocenters. The number of guanidine groups is 1. The van der Waals surface area contributed by atoms with Crippen molar-refractivity contribution in [3.63, 3.8) is 0 Å². The van der Waals surface area contributed by atoms with Gasteiger partial charge >= 0.3 is 0 Å². The molecule has 0 saturated heterocycles. The number of halogens is 1. The summed E-state index contributed by atoms with van der Waals surface area (Å²) >= 11 is 0. The van der Waals surface area contributed by atoms with Crippen LogP contribution in [0.3, 0.4) is 0 Å². The number of nitrogens with zero attached hydrogens (tertiary/aromatic N) is 3. The van der Waals surface area contributed by atoms with E-state index in [1.807, 2.05) is 11.6 Å². The van der Waals surface area contributed by atoms with E-state index in [0.29, 0.717) is 33.0 Å². The Morgan fingerprint density at radius 3 is 2.46 bits per heavy atom. The van der Waals surface area contributed by atoms with Crippen LogP contribution in [0.25, 0.3) is 0 Å². The third-order valence-corrected chi connectivity index (χ3v) is 3.88. The molecule has 2 N–H and O–H groups in total. The van der Waals surface area contributed by atoms with Crippen LogP contribution in [0.15, 0.2) is 4.99 Å². The Morgan fingerprint density at radius 1 is 1.08 bits per heavy atom. The van der Waals surface area contributed by atoms with Crippen LogP contribution < -0.4 is 10.6 Å². The van der Waals surface area contributed by atoms with Crippen molar-refractivity contribution in [1.82, 2.24) is 20.4 Å². The summed E-state index contributed by atoms with van der Waals surface area (Å²) in [6.45, 7) is 9.00. The van der Waals surface area contributed by atoms with E-state index >= 15 is 0 Å². The van der Waals surface area contributed by atoms with E-state index in [-0.39, 0.29) is 24.0 Å². The lowest BCUT2D eigenvalue weighted by molar-refractivity contribution is 0.0698. The molecule has 0 aliphatic carbocycles. The molecule has 0 bridgehead atoms. The molecule has 1 rings (SSSR count). The molecule has 26 heavy (non-hydrogen) atoms. The van der Waals surface area contributed by atoms with Crippen LogP contribution in [0, 0.1) is 13.8 Å². The van der Waals surface area contributed by atoms with Gasteiger partial charge in [-0.1, -0.05) is 0 Å². The summed E-state index contributed by atoms with van der Waals surface area (Å²) in [5.74, 6) is 0.778. The van der Waals surface area contributed by atoms with Gasteiger partial charge in [0.1, 0.15) is 0 Å². The molecule has 8 nitrogen and oxygen atoms in total. The molecular formula is C17H34IN5O3. The summed E-state index contributed by atoms with van der Waals surface area (Å²) in [7, 11) is 5.14. The summed E-state index contributed by atoms with van der Waals surface area (Å²) in [5.41, 5.74) is 3.38. The lowest BCUT2D eigenvalue weighted by Crippen LogP contribution is -2.37. The maximum Gasteiger partial charge on any atom is 0.191 e. The number of nitrogens with one attached hydrogen (secondary N) is 2. The molecule has 0 saturated carbocycles. The van der Waals surface area contributed by atoms with Gasteiger partial charge in [-0.25, -0.2) is 0 Å². The van der Waals surface area contributed by atoms with Crippen molar-refractivity contribution in [3.8, 4) is 0 Å². The van der Waals surface area contributed by atoms with Crippen LogP contribution in [0.1, 0.15) is 23.4 Å². The van der Waals surface area contributed by atoms with Gasteiger partial charge in [-0.2, -0.15) is 5.10 Å². The largest absolute Gasteiger partial charge is 0.383 e. The minimum absolute atomic E-state index is 0. The molecule has 152 valence electrons. The van der Waals surface area contributed by atoms with Crippen LogP contribution in [0.5, 0.6) is 0 Å². The molecule has 0 aliphatic rings. The number of hydrogen-bond acceptors (Lipinski definition) is 5. The predicted octanol–water partition coefficient (Wildman–Crippen LogP) is 1.48. The van der Waals surface area contributed by atoms with Crippen molar-refractivity contribution in [2.24, 2.45) is 4.99 Å². The fraction of sp³-hybridized carbons (Fsp3) is 0.765. The molecule has 1 heterocycles. The van der Waals surface area contributed by atoms with Gasteiger partial charge in [-0.05, 0) is 20.3 Å². The first-order valence-electron chi connectivity index (χ1n) is 8.67. The van der Waals surface area contributed by atoms with Crippen LogP contribution >= 0.6 is 24.0 Å². The van der Waals surface area contributed by atoms with E-state index in [9.17, 15) is 0 Å². The highest BCUT2D eigenvalue weighted by Crippen LogP contribution is 2.12. The molecule has 0 radical (unpaired) electrons. The summed E-state index contributed by atoms with van der Waals surface area (Å²) < 4.78 is 17.5. The van der Waals surface area contributed by atoms with Crippen LogP contribution in [-0.2, 0) is 27.3 Å². The van der Waals surface area contributed by atoms with Crippen molar-refractivity contribution in [3.05, 3.63) is 17.0 Å². The van der Waals surface area contributed by atoms with E-state index in [1.165, 1.54) is 5.56 Å². The molecule has 1 aromatic rings. The van der Waals surface area contributed by atoms with Crippen molar-refractivity contribution in [2.45, 2.75) is 33.4 Å². The third kappa shape index (κ3) is 9.15. The van der Waals surface area contributed by atoms with Gasteiger partial charge < -0.3 is 24.8 Å². The van der Waals surface area contributed by atoms with Gasteiger partial charge in [0, 0.05) is 52.2 Å². The highest BCUT2D eigenvalue weighted by Gasteiger charge is 2.11. The van der Waals surface area contributed by atoms with Crippen LogP contribution in [-0.4, -0.2) is 70.0 Å². The number of aryl methyl sites for hydroxylation is 1. The molecule has 0 aliphatic heterocycles. The maximum atomic E-state index is 5.44. The van der Waals surface area contributed by atoms with Gasteiger partial charge in [-0.15, -0.1) is 24.0 Å². The van der Waals surface area contributed by atoms with Crippen LogP contribution in [0.4, 0.5) is 0 Å². The van der Waals surface area contributed by atoms with Gasteiger partial charge in [-0.3, -0.25) is 9.67 Å². The van der Waals surface area contributed by atoms with Gasteiger partial charge in [0.2, 0.25) is 0 Å². The topological polar surface area (TPSA) is 81.9 Å². The van der Waals surface area contributed by atoms with Gasteiger partial charge in [0.05, 0.1) is 32.1 Å². The fourth-order valence-electron chi connectivity index (χ4n) is 2.40. The second-order valence-corrected chi connectivity index (χ2v) is 5.68. The van der Waals surface area contributed by atoms with Crippen molar-refractivity contribution >= 4 is 29.9 Å². The van der Waals surface area contributed by atoms with E-state index in [4.69, 9.17) is 14.2 Å². The van der Waals surface area contributed by atoms with Gasteiger partial charge in [0.25, 0.3) is 0 Å². The van der Waals surface area contributed by atoms with Crippen molar-refractivity contribution in [1.29, 1.82) is 0 Å². The molecule has 0 unspecified atom stereocenters. The van der Waals surface area contributed by atoms with E-state index in [0.717, 1.165) is 36.9 Å². The quantitative estimate of drug-likeness (QED) is 0.203. The number of ether oxygens (including phenoxy) is 3. The second kappa shape index (κ2) is 15.2. The lowest BCUT2D eigenvalue weighted by atomic mass is 10.2. The number of aromatic nitrogens is 2. The monoisotopic (exact) mass is 483 g/mol. The SMILES string of the molecule is CN=C(NCCCOCCOC)NCc1c(C)nn(CCOC)c1C.I. The van der Waals surface area contributed by atoms with Gasteiger partial charge in [0.15, 0.2) is 5.96 Å².